The van der Waals surface area contributed by atoms with Gasteiger partial charge in [-0.3, -0.25) is 19.2 Å². The van der Waals surface area contributed by atoms with Crippen LogP contribution in [0.15, 0.2) is 36.4 Å². The van der Waals surface area contributed by atoms with Crippen molar-refractivity contribution in [3.05, 3.63) is 63.4 Å². The highest BCUT2D eigenvalue weighted by molar-refractivity contribution is 6.42. The van der Waals surface area contributed by atoms with Gasteiger partial charge in [0.25, 0.3) is 0 Å². The van der Waals surface area contributed by atoms with E-state index in [0.29, 0.717) is 6.54 Å². The highest BCUT2D eigenvalue weighted by atomic mass is 35.5. The maximum absolute atomic E-state index is 14.6. The molecule has 1 aliphatic heterocycles. The second-order valence-corrected chi connectivity index (χ2v) is 12.5. The normalized spacial score (nSPS) is 15.4. The van der Waals surface area contributed by atoms with E-state index < -0.39 is 29.7 Å². The molecule has 42 heavy (non-hydrogen) atoms. The van der Waals surface area contributed by atoms with Crippen LogP contribution < -0.4 is 16.4 Å². The smallest absolute Gasteiger partial charge is 0.247 e. The van der Waals surface area contributed by atoms with Crippen molar-refractivity contribution in [3.8, 4) is 0 Å². The van der Waals surface area contributed by atoms with Crippen LogP contribution in [-0.4, -0.2) is 65.6 Å². The molecule has 3 rings (SSSR count). The quantitative estimate of drug-likeness (QED) is 0.344. The second kappa shape index (κ2) is 14.3. The van der Waals surface area contributed by atoms with Crippen molar-refractivity contribution in [1.82, 2.24) is 15.1 Å². The Bertz CT molecular complexity index is 1330. The summed E-state index contributed by atoms with van der Waals surface area (Å²) in [5.41, 5.74) is 7.23. The minimum atomic E-state index is -1.11. The van der Waals surface area contributed by atoms with Gasteiger partial charge in [-0.25, -0.2) is 4.39 Å². The van der Waals surface area contributed by atoms with Gasteiger partial charge in [0.1, 0.15) is 12.1 Å². The fourth-order valence-electron chi connectivity index (χ4n) is 4.91. The number of halogens is 3. The van der Waals surface area contributed by atoms with Crippen molar-refractivity contribution in [1.29, 1.82) is 0 Å². The van der Waals surface area contributed by atoms with E-state index in [4.69, 9.17) is 28.9 Å². The third kappa shape index (κ3) is 8.65. The molecule has 0 radical (unpaired) electrons. The highest BCUT2D eigenvalue weighted by Crippen LogP contribution is 2.30. The van der Waals surface area contributed by atoms with E-state index in [1.807, 2.05) is 45.0 Å². The van der Waals surface area contributed by atoms with Gasteiger partial charge in [0, 0.05) is 39.4 Å². The fraction of sp³-hybridized carbons (Fsp3) is 0.467. The Morgan fingerprint density at radius 2 is 1.76 bits per heavy atom. The van der Waals surface area contributed by atoms with Crippen LogP contribution in [-0.2, 0) is 32.1 Å². The van der Waals surface area contributed by atoms with E-state index in [9.17, 15) is 23.6 Å². The summed E-state index contributed by atoms with van der Waals surface area (Å²) in [6.07, 6.45) is 0.226. The maximum atomic E-state index is 14.6. The van der Waals surface area contributed by atoms with Crippen molar-refractivity contribution >= 4 is 52.5 Å². The predicted octanol–water partition coefficient (Wildman–Crippen LogP) is 4.14. The molecule has 1 heterocycles. The minimum Gasteiger partial charge on any atom is -0.345 e. The van der Waals surface area contributed by atoms with E-state index in [2.05, 4.69) is 10.6 Å². The Kier molecular flexibility index (Phi) is 11.3. The lowest BCUT2D eigenvalue weighted by atomic mass is 9.92. The molecule has 2 atom stereocenters. The third-order valence-corrected chi connectivity index (χ3v) is 7.72. The van der Waals surface area contributed by atoms with E-state index in [1.165, 1.54) is 17.0 Å². The maximum Gasteiger partial charge on any atom is 0.247 e. The first-order chi connectivity index (χ1) is 19.7. The van der Waals surface area contributed by atoms with Gasteiger partial charge in [-0.05, 0) is 41.6 Å². The number of hydrogen-bond acceptors (Lipinski definition) is 5. The molecule has 0 saturated heterocycles. The average Bonchev–Trinajstić information content (AvgIpc) is 2.93. The summed E-state index contributed by atoms with van der Waals surface area (Å²) in [5.74, 6) is -2.67. The van der Waals surface area contributed by atoms with Crippen LogP contribution in [0, 0.1) is 11.2 Å². The summed E-state index contributed by atoms with van der Waals surface area (Å²) in [5, 5.41) is 4.78. The number of amides is 4. The lowest BCUT2D eigenvalue weighted by Crippen LogP contribution is -2.56. The first-order valence-corrected chi connectivity index (χ1v) is 14.5. The summed E-state index contributed by atoms with van der Waals surface area (Å²) in [7, 11) is 1.71. The minimum absolute atomic E-state index is 0.00528. The zero-order valence-corrected chi connectivity index (χ0v) is 25.8. The van der Waals surface area contributed by atoms with Crippen molar-refractivity contribution in [3.63, 3.8) is 0 Å². The monoisotopic (exact) mass is 621 g/mol. The average molecular weight is 623 g/mol. The molecule has 12 heteroatoms. The predicted molar refractivity (Wildman–Crippen MR) is 161 cm³/mol. The number of nitrogens with one attached hydrogen (secondary N) is 2. The molecule has 9 nitrogen and oxygen atoms in total. The van der Waals surface area contributed by atoms with E-state index in [-0.39, 0.29) is 71.7 Å². The zero-order valence-electron chi connectivity index (χ0n) is 24.3. The number of fused-ring (bicyclic) bond motifs is 1. The Labute approximate surface area is 255 Å². The number of carbonyl (C=O) groups excluding carboxylic acids is 4. The summed E-state index contributed by atoms with van der Waals surface area (Å²) in [6.45, 7) is 6.85. The van der Waals surface area contributed by atoms with E-state index in [0.717, 1.165) is 11.1 Å². The van der Waals surface area contributed by atoms with Gasteiger partial charge in [-0.15, -0.1) is 0 Å². The number of carbonyl (C=O) groups is 4. The van der Waals surface area contributed by atoms with Gasteiger partial charge in [-0.2, -0.15) is 0 Å². The fourth-order valence-corrected chi connectivity index (χ4v) is 5.22. The molecule has 0 unspecified atom stereocenters. The largest absolute Gasteiger partial charge is 0.345 e. The van der Waals surface area contributed by atoms with Crippen molar-refractivity contribution in [2.24, 2.45) is 11.1 Å². The van der Waals surface area contributed by atoms with Crippen LogP contribution in [0.4, 0.5) is 10.1 Å². The number of rotatable bonds is 10. The van der Waals surface area contributed by atoms with Gasteiger partial charge in [-0.1, -0.05) is 68.2 Å². The number of nitrogens with two attached hydrogens (primary N) is 1. The zero-order chi connectivity index (χ0) is 31.2. The Hall–Kier alpha value is -3.21. The summed E-state index contributed by atoms with van der Waals surface area (Å²) in [4.78, 5) is 55.9. The lowest BCUT2D eigenvalue weighted by Gasteiger charge is -2.37. The second-order valence-electron chi connectivity index (χ2n) is 11.7. The van der Waals surface area contributed by atoms with Crippen LogP contribution in [0.25, 0.3) is 0 Å². The van der Waals surface area contributed by atoms with Crippen LogP contribution in [0.2, 0.25) is 10.0 Å². The van der Waals surface area contributed by atoms with Crippen molar-refractivity contribution in [2.45, 2.75) is 65.1 Å². The van der Waals surface area contributed by atoms with Gasteiger partial charge in [0.2, 0.25) is 23.6 Å². The van der Waals surface area contributed by atoms with E-state index >= 15 is 0 Å². The van der Waals surface area contributed by atoms with Gasteiger partial charge < -0.3 is 26.2 Å². The standard InChI is InChI=1S/C30H38Cl2FN5O4/c1-30(2,3)17-37(4)24(39)11-12-25(40)38-16-19-8-6-5-7-18(19)15-23(38)29(42)36-22(13-14-34)28(41)35-21-10-9-20(31)26(32)27(21)33/h5-10,22-23H,11-17,34H2,1-4H3,(H,35,41)(H,36,42)/t22-,23-/m0/s1. The molecule has 4 N–H and O–H groups in total. The SMILES string of the molecule is CN(CC(C)(C)C)C(=O)CCC(=O)N1Cc2ccccc2C[C@H]1C(=O)N[C@@H](CCN)C(=O)Nc1ccc(Cl)c(Cl)c1F. The molecule has 1 aliphatic rings. The highest BCUT2D eigenvalue weighted by Gasteiger charge is 2.36. The van der Waals surface area contributed by atoms with Crippen LogP contribution in [0.1, 0.15) is 51.2 Å². The molecule has 0 aromatic heterocycles. The molecule has 0 saturated carbocycles. The molecule has 2 aromatic carbocycles. The molecular formula is C30H38Cl2FN5O4. The summed E-state index contributed by atoms with van der Waals surface area (Å²) < 4.78 is 14.6. The van der Waals surface area contributed by atoms with Crippen molar-refractivity contribution < 1.29 is 23.6 Å². The molecule has 0 spiro atoms. The van der Waals surface area contributed by atoms with Gasteiger partial charge >= 0.3 is 0 Å². The summed E-state index contributed by atoms with van der Waals surface area (Å²) in [6, 6.07) is 8.06. The Morgan fingerprint density at radius 3 is 2.40 bits per heavy atom. The first-order valence-electron chi connectivity index (χ1n) is 13.8. The Morgan fingerprint density at radius 1 is 1.10 bits per heavy atom. The van der Waals surface area contributed by atoms with Crippen LogP contribution in [0.5, 0.6) is 0 Å². The van der Waals surface area contributed by atoms with Gasteiger partial charge in [0.05, 0.1) is 15.7 Å². The van der Waals surface area contributed by atoms with Crippen LogP contribution in [0.3, 0.4) is 0 Å². The topological polar surface area (TPSA) is 125 Å². The van der Waals surface area contributed by atoms with E-state index in [1.54, 1.807) is 11.9 Å². The molecule has 4 amide bonds. The van der Waals surface area contributed by atoms with Gasteiger partial charge in [0.15, 0.2) is 5.82 Å². The molecule has 0 aliphatic carbocycles. The number of anilines is 1. The summed E-state index contributed by atoms with van der Waals surface area (Å²) >= 11 is 11.7. The molecule has 0 fully saturated rings. The number of nitrogens with zero attached hydrogens (tertiary/aromatic N) is 2. The number of benzene rings is 2. The van der Waals surface area contributed by atoms with Crippen molar-refractivity contribution in [2.75, 3.05) is 25.5 Å². The first kappa shape index (κ1) is 33.3. The lowest BCUT2D eigenvalue weighted by molar-refractivity contribution is -0.144. The third-order valence-electron chi connectivity index (χ3n) is 6.94. The molecule has 228 valence electrons. The van der Waals surface area contributed by atoms with Crippen LogP contribution >= 0.6 is 23.2 Å². The molecule has 0 bridgehead atoms. The Balaban J connectivity index is 1.76. The number of hydrogen-bond donors (Lipinski definition) is 3. The molecule has 2 aromatic rings. The molecular weight excluding hydrogens is 584 g/mol.